The van der Waals surface area contributed by atoms with Gasteiger partial charge in [-0.05, 0) is 56.3 Å². The van der Waals surface area contributed by atoms with Crippen molar-refractivity contribution < 1.29 is 42.9 Å². The Morgan fingerprint density at radius 2 is 1.72 bits per heavy atom. The molecule has 5 rings (SSSR count). The number of carbonyl (C=O) groups is 4. The molecule has 0 atom stereocenters. The highest BCUT2D eigenvalue weighted by atomic mass is 35.5. The Kier molecular flexibility index (Phi) is 11.5. The van der Waals surface area contributed by atoms with E-state index in [1.54, 1.807) is 9.80 Å². The highest BCUT2D eigenvalue weighted by Gasteiger charge is 2.35. The number of aromatic nitrogens is 2. The normalized spacial score (nSPS) is 15.7. The highest BCUT2D eigenvalue weighted by Crippen LogP contribution is 2.30. The molecule has 47 heavy (non-hydrogen) atoms. The lowest BCUT2D eigenvalue weighted by molar-refractivity contribution is -0.139. The van der Waals surface area contributed by atoms with Gasteiger partial charge in [0, 0.05) is 44.5 Å². The van der Waals surface area contributed by atoms with Crippen LogP contribution < -0.4 is 15.4 Å². The summed E-state index contributed by atoms with van der Waals surface area (Å²) >= 11 is 6.44. The number of aliphatic hydroxyl groups is 1. The SMILES string of the molecule is COc1ccc(-c2cnc(C(=O)Nc3ccc(C(=O)N4CCN(C(=O)CC5(O)CCNCC5)CC4)c(Cl)c3)n2C)c(F)c1F.O=CO. The van der Waals surface area contributed by atoms with Crippen molar-refractivity contribution in [1.29, 1.82) is 0 Å². The molecular formula is C31H35ClF2N6O7. The number of halogens is 3. The Morgan fingerprint density at radius 1 is 1.09 bits per heavy atom. The molecular weight excluding hydrogens is 642 g/mol. The van der Waals surface area contributed by atoms with E-state index >= 15 is 0 Å². The number of piperazine rings is 1. The highest BCUT2D eigenvalue weighted by molar-refractivity contribution is 6.34. The van der Waals surface area contributed by atoms with Gasteiger partial charge < -0.3 is 40.0 Å². The van der Waals surface area contributed by atoms with Crippen molar-refractivity contribution in [3.8, 4) is 17.0 Å². The van der Waals surface area contributed by atoms with Gasteiger partial charge in [0.25, 0.3) is 18.3 Å². The summed E-state index contributed by atoms with van der Waals surface area (Å²) in [7, 11) is 2.73. The number of methoxy groups -OCH3 is 1. The van der Waals surface area contributed by atoms with Gasteiger partial charge in [-0.15, -0.1) is 0 Å². The molecule has 1 aromatic heterocycles. The smallest absolute Gasteiger partial charge is 0.291 e. The van der Waals surface area contributed by atoms with Crippen LogP contribution in [-0.2, 0) is 16.6 Å². The zero-order valence-electron chi connectivity index (χ0n) is 25.8. The summed E-state index contributed by atoms with van der Waals surface area (Å²) in [4.78, 5) is 54.7. The van der Waals surface area contributed by atoms with Gasteiger partial charge in [0.1, 0.15) is 0 Å². The molecule has 0 spiro atoms. The molecule has 3 amide bonds. The number of imidazole rings is 1. The molecule has 16 heteroatoms. The summed E-state index contributed by atoms with van der Waals surface area (Å²) in [5.74, 6) is -3.64. The maximum atomic E-state index is 14.6. The molecule has 0 saturated carbocycles. The Bertz CT molecular complexity index is 1640. The van der Waals surface area contributed by atoms with E-state index in [0.717, 1.165) is 0 Å². The lowest BCUT2D eigenvalue weighted by Crippen LogP contribution is -2.53. The first-order valence-corrected chi connectivity index (χ1v) is 15.0. The summed E-state index contributed by atoms with van der Waals surface area (Å²) in [6.45, 7) is 2.44. The van der Waals surface area contributed by atoms with Crippen molar-refractivity contribution in [2.24, 2.45) is 7.05 Å². The molecule has 0 unspecified atom stereocenters. The molecule has 2 saturated heterocycles. The van der Waals surface area contributed by atoms with Gasteiger partial charge in [-0.2, -0.15) is 4.39 Å². The van der Waals surface area contributed by atoms with Crippen LogP contribution in [0.1, 0.15) is 40.2 Å². The first kappa shape index (κ1) is 35.3. The molecule has 2 aromatic carbocycles. The zero-order chi connectivity index (χ0) is 34.3. The van der Waals surface area contributed by atoms with Crippen molar-refractivity contribution in [1.82, 2.24) is 24.7 Å². The average Bonchev–Trinajstić information content (AvgIpc) is 3.43. The van der Waals surface area contributed by atoms with Crippen molar-refractivity contribution in [2.75, 3.05) is 51.7 Å². The van der Waals surface area contributed by atoms with Gasteiger partial charge in [-0.3, -0.25) is 19.2 Å². The van der Waals surface area contributed by atoms with Crippen LogP contribution in [0.4, 0.5) is 14.5 Å². The van der Waals surface area contributed by atoms with E-state index in [4.69, 9.17) is 26.2 Å². The number of amides is 3. The summed E-state index contributed by atoms with van der Waals surface area (Å²) < 4.78 is 35.0. The van der Waals surface area contributed by atoms with E-state index in [2.05, 4.69) is 15.6 Å². The van der Waals surface area contributed by atoms with Gasteiger partial charge >= 0.3 is 0 Å². The summed E-state index contributed by atoms with van der Waals surface area (Å²) in [5.41, 5.74) is -0.365. The fourth-order valence-electron chi connectivity index (χ4n) is 5.50. The maximum absolute atomic E-state index is 14.6. The second-order valence-electron chi connectivity index (χ2n) is 11.0. The standard InChI is InChI=1S/C30H33ClF2N6O5.CH2O2/c1-37-22(20-5-6-23(44-2)26(33)25(20)32)17-35-27(37)28(41)36-18-3-4-19(21(31)15-18)29(42)39-13-11-38(12-14-39)24(40)16-30(43)7-9-34-10-8-30;2-1-3/h3-6,15,17,34,43H,7-14,16H2,1-2H3,(H,36,41);1H,(H,2,3). The lowest BCUT2D eigenvalue weighted by Gasteiger charge is -2.38. The van der Waals surface area contributed by atoms with E-state index in [1.807, 2.05) is 0 Å². The number of carbonyl (C=O) groups excluding carboxylic acids is 3. The molecule has 252 valence electrons. The quantitative estimate of drug-likeness (QED) is 0.275. The number of piperidine rings is 1. The Labute approximate surface area is 274 Å². The van der Waals surface area contributed by atoms with Crippen molar-refractivity contribution in [3.05, 3.63) is 64.6 Å². The minimum absolute atomic E-state index is 0.0633. The minimum atomic E-state index is -1.15. The fourth-order valence-corrected chi connectivity index (χ4v) is 5.76. The van der Waals surface area contributed by atoms with E-state index in [9.17, 15) is 28.3 Å². The minimum Gasteiger partial charge on any atom is -0.494 e. The van der Waals surface area contributed by atoms with Crippen LogP contribution in [0, 0.1) is 11.6 Å². The molecule has 3 aromatic rings. The maximum Gasteiger partial charge on any atom is 0.291 e. The van der Waals surface area contributed by atoms with Crippen LogP contribution in [0.2, 0.25) is 5.02 Å². The number of hydrogen-bond donors (Lipinski definition) is 4. The zero-order valence-corrected chi connectivity index (χ0v) is 26.5. The summed E-state index contributed by atoms with van der Waals surface area (Å²) in [6, 6.07) is 7.09. The van der Waals surface area contributed by atoms with Gasteiger partial charge in [0.15, 0.2) is 17.4 Å². The Morgan fingerprint density at radius 3 is 2.34 bits per heavy atom. The van der Waals surface area contributed by atoms with Crippen LogP contribution in [-0.4, -0.2) is 106 Å². The third kappa shape index (κ3) is 8.04. The number of ether oxygens (including phenoxy) is 1. The van der Waals surface area contributed by atoms with Gasteiger partial charge in [-0.25, -0.2) is 9.37 Å². The Balaban J connectivity index is 0.00000160. The number of anilines is 1. The molecule has 0 bridgehead atoms. The van der Waals surface area contributed by atoms with Crippen LogP contribution in [0.15, 0.2) is 36.5 Å². The third-order valence-corrected chi connectivity index (χ3v) is 8.44. The molecule has 2 aliphatic heterocycles. The van der Waals surface area contributed by atoms with E-state index in [1.165, 1.54) is 55.3 Å². The fraction of sp³-hybridized carbons (Fsp3) is 0.387. The molecule has 3 heterocycles. The van der Waals surface area contributed by atoms with Crippen LogP contribution >= 0.6 is 11.6 Å². The number of rotatable bonds is 7. The lowest BCUT2D eigenvalue weighted by atomic mass is 9.88. The molecule has 4 N–H and O–H groups in total. The summed E-state index contributed by atoms with van der Waals surface area (Å²) in [5, 5.41) is 23.6. The predicted molar refractivity (Wildman–Crippen MR) is 167 cm³/mol. The molecule has 0 radical (unpaired) electrons. The molecule has 0 aliphatic carbocycles. The van der Waals surface area contributed by atoms with Crippen LogP contribution in [0.25, 0.3) is 11.3 Å². The monoisotopic (exact) mass is 676 g/mol. The van der Waals surface area contributed by atoms with E-state index < -0.39 is 23.1 Å². The Hall–Kier alpha value is -4.60. The average molecular weight is 677 g/mol. The second-order valence-corrected chi connectivity index (χ2v) is 11.5. The first-order valence-electron chi connectivity index (χ1n) is 14.7. The summed E-state index contributed by atoms with van der Waals surface area (Å²) in [6.07, 6.45) is 2.38. The van der Waals surface area contributed by atoms with Gasteiger partial charge in [0.05, 0.1) is 41.6 Å². The van der Waals surface area contributed by atoms with Gasteiger partial charge in [0.2, 0.25) is 11.7 Å². The van der Waals surface area contributed by atoms with E-state index in [-0.39, 0.29) is 58.1 Å². The van der Waals surface area contributed by atoms with Crippen LogP contribution in [0.5, 0.6) is 5.75 Å². The largest absolute Gasteiger partial charge is 0.494 e. The van der Waals surface area contributed by atoms with Gasteiger partial charge in [-0.1, -0.05) is 11.6 Å². The van der Waals surface area contributed by atoms with Crippen molar-refractivity contribution in [3.63, 3.8) is 0 Å². The van der Waals surface area contributed by atoms with Crippen LogP contribution in [0.3, 0.4) is 0 Å². The topological polar surface area (TPSA) is 166 Å². The van der Waals surface area contributed by atoms with Crippen molar-refractivity contribution >= 4 is 41.5 Å². The number of nitrogens with one attached hydrogen (secondary N) is 2. The molecule has 2 fully saturated rings. The third-order valence-electron chi connectivity index (χ3n) is 8.13. The number of nitrogens with zero attached hydrogens (tertiary/aromatic N) is 4. The number of hydrogen-bond acceptors (Lipinski definition) is 8. The number of benzene rings is 2. The van der Waals surface area contributed by atoms with Crippen molar-refractivity contribution in [2.45, 2.75) is 24.9 Å². The van der Waals surface area contributed by atoms with E-state index in [0.29, 0.717) is 57.8 Å². The molecule has 2 aliphatic rings. The first-order chi connectivity index (χ1) is 22.4. The second kappa shape index (κ2) is 15.3. The predicted octanol–water partition coefficient (Wildman–Crippen LogP) is 2.77. The molecule has 13 nitrogen and oxygen atoms in total. The number of carboxylic acid groups (broad SMARTS) is 1.